The van der Waals surface area contributed by atoms with Crippen molar-refractivity contribution < 1.29 is 43.1 Å². The minimum atomic E-state index is -0.991. The number of morpholine rings is 1. The molecular weight excluding hydrogens is 1060 g/mol. The number of benzene rings is 4. The van der Waals surface area contributed by atoms with Gasteiger partial charge in [0.15, 0.2) is 5.75 Å². The fourth-order valence-electron chi connectivity index (χ4n) is 12.1. The fraction of sp³-hybridized carbons (Fsp3) is 0.443. The number of ether oxygens (including phenoxy) is 4. The zero-order chi connectivity index (χ0) is 57.6. The van der Waals surface area contributed by atoms with Gasteiger partial charge in [-0.1, -0.05) is 67.6 Å². The van der Waals surface area contributed by atoms with Crippen molar-refractivity contribution in [3.05, 3.63) is 113 Å². The van der Waals surface area contributed by atoms with Crippen LogP contribution in [-0.2, 0) is 32.2 Å². The zero-order valence-electron chi connectivity index (χ0n) is 47.5. The Labute approximate surface area is 479 Å². The molecule has 3 aliphatic heterocycles. The molecule has 2 amide bonds. The van der Waals surface area contributed by atoms with E-state index in [1.54, 1.807) is 32.6 Å². The van der Waals surface area contributed by atoms with E-state index in [0.29, 0.717) is 72.0 Å². The number of piperazine rings is 1. The van der Waals surface area contributed by atoms with Gasteiger partial charge >= 0.3 is 6.01 Å². The summed E-state index contributed by atoms with van der Waals surface area (Å²) in [5.41, 5.74) is 8.65. The van der Waals surface area contributed by atoms with E-state index in [-0.39, 0.29) is 80.5 Å². The van der Waals surface area contributed by atoms with Gasteiger partial charge in [-0.05, 0) is 91.5 Å². The molecule has 7 heterocycles. The molecule has 0 radical (unpaired) electrons. The Balaban J connectivity index is 0.829. The number of nitrogens with one attached hydrogen (secondary N) is 3. The molecule has 1 aliphatic carbocycles. The fourth-order valence-corrected chi connectivity index (χ4v) is 12.1. The molecule has 5 N–H and O–H groups in total. The number of aliphatic hydroxyl groups excluding tert-OH is 2. The normalized spacial score (nSPS) is 20.1. The van der Waals surface area contributed by atoms with Crippen LogP contribution in [0.15, 0.2) is 85.3 Å². The molecule has 3 saturated heterocycles. The number of hydrogen-bond acceptors (Lipinski definition) is 16. The number of fused-ring (bicyclic) bond motifs is 4. The van der Waals surface area contributed by atoms with Crippen molar-refractivity contribution in [2.24, 2.45) is 5.92 Å². The zero-order valence-corrected chi connectivity index (χ0v) is 47.5. The maximum atomic E-state index is 16.2. The monoisotopic (exact) mass is 1130 g/mol. The van der Waals surface area contributed by atoms with Crippen LogP contribution in [0.2, 0.25) is 0 Å². The van der Waals surface area contributed by atoms with Crippen LogP contribution in [0, 0.1) is 18.7 Å². The van der Waals surface area contributed by atoms with Crippen LogP contribution in [0.4, 0.5) is 10.2 Å². The summed E-state index contributed by atoms with van der Waals surface area (Å²) in [5.74, 6) is -0.144. The van der Waals surface area contributed by atoms with Crippen LogP contribution in [0.1, 0.15) is 87.2 Å². The molecule has 2 unspecified atom stereocenters. The number of carbonyl (C=O) groups is 2. The van der Waals surface area contributed by atoms with Crippen molar-refractivity contribution >= 4 is 39.4 Å². The first-order valence-corrected chi connectivity index (χ1v) is 28.7. The molecule has 8 aromatic rings. The van der Waals surface area contributed by atoms with Gasteiger partial charge in [0.25, 0.3) is 0 Å². The summed E-state index contributed by atoms with van der Waals surface area (Å²) in [6.07, 6.45) is 5.96. The highest BCUT2D eigenvalue weighted by Gasteiger charge is 2.44. The van der Waals surface area contributed by atoms with Crippen molar-refractivity contribution in [1.82, 2.24) is 60.5 Å². The molecule has 0 spiro atoms. The molecule has 2 bridgehead atoms. The molecule has 4 aromatic carbocycles. The quantitative estimate of drug-likeness (QED) is 0.0526. The largest absolute Gasteiger partial charge is 0.486 e. The summed E-state index contributed by atoms with van der Waals surface area (Å²) < 4.78 is 44.7. The van der Waals surface area contributed by atoms with E-state index in [4.69, 9.17) is 28.9 Å². The van der Waals surface area contributed by atoms with Gasteiger partial charge in [-0.2, -0.15) is 20.2 Å². The Morgan fingerprint density at radius 3 is 2.42 bits per heavy atom. The van der Waals surface area contributed by atoms with Crippen molar-refractivity contribution in [3.63, 3.8) is 0 Å². The van der Waals surface area contributed by atoms with Crippen molar-refractivity contribution in [2.75, 3.05) is 58.1 Å². The topological polar surface area (TPSA) is 245 Å². The van der Waals surface area contributed by atoms with Crippen molar-refractivity contribution in [3.8, 4) is 45.4 Å². The lowest BCUT2D eigenvalue weighted by atomic mass is 9.88. The molecule has 4 aliphatic rings. The van der Waals surface area contributed by atoms with E-state index in [2.05, 4.69) is 47.2 Å². The Kier molecular flexibility index (Phi) is 15.7. The standard InChI is InChI=1S/C61H70FN13O8/c1-7-73-51(18-19-65-73)40-16-14-39(15-17-40)50(28-76)66-59(78)52-20-43(77)26-72(52)60(79)56(33(2)3)74-27-49(70-71-74)38-10-8-36(9-11-38)30-82-57-54(53-35(5)47(62)22-48-46(53)25-64-69-48)44(37-12-13-37)21-45-55(57)67-61(83-29-34(4)80-6)68-58(45)75-41-23-63-24-42(75)32-81-31-41/h8-11,14-19,21-22,25,27,33-34,37,41-43,50,52,56,63,76-77H,7,12-13,20,23-24,26,28-32H2,1-6H3,(H,64,69)(H,66,78)/t34-,41?,42?,43+,50-,52-,56-/m0/s1. The average Bonchev–Trinajstić information content (AvgIpc) is 2.91. The second kappa shape index (κ2) is 23.4. The minimum absolute atomic E-state index is 0.00292. The van der Waals surface area contributed by atoms with Gasteiger partial charge in [-0.25, -0.2) is 9.07 Å². The van der Waals surface area contributed by atoms with E-state index < -0.39 is 30.1 Å². The van der Waals surface area contributed by atoms with Crippen LogP contribution >= 0.6 is 0 Å². The van der Waals surface area contributed by atoms with Gasteiger partial charge in [0.2, 0.25) is 11.8 Å². The predicted octanol–water partition coefficient (Wildman–Crippen LogP) is 6.82. The maximum Gasteiger partial charge on any atom is 0.319 e. The molecule has 21 nitrogen and oxygen atoms in total. The first kappa shape index (κ1) is 55.6. The molecule has 12 rings (SSSR count). The summed E-state index contributed by atoms with van der Waals surface area (Å²) in [6.45, 7) is 12.6. The highest BCUT2D eigenvalue weighted by molar-refractivity contribution is 6.06. The number of aliphatic hydroxyl groups is 2. The van der Waals surface area contributed by atoms with E-state index in [9.17, 15) is 19.8 Å². The number of H-pyrrole nitrogens is 1. The van der Waals surface area contributed by atoms with Crippen molar-refractivity contribution in [2.45, 2.75) is 115 Å². The number of β-amino-alcohol motifs (C(OH)–C–C–N with tert-alkyl or cyclic N) is 1. The van der Waals surface area contributed by atoms with E-state index in [0.717, 1.165) is 62.9 Å². The lowest BCUT2D eigenvalue weighted by molar-refractivity contribution is -0.142. The number of nitrogens with zero attached hydrogens (tertiary/aromatic N) is 10. The molecule has 22 heteroatoms. The minimum Gasteiger partial charge on any atom is -0.486 e. The number of methoxy groups -OCH3 is 1. The molecule has 1 saturated carbocycles. The molecule has 434 valence electrons. The van der Waals surface area contributed by atoms with Gasteiger partial charge in [0.05, 0.1) is 73.8 Å². The van der Waals surface area contributed by atoms with Crippen LogP contribution < -0.4 is 25.0 Å². The average molecular weight is 1130 g/mol. The number of aromatic nitrogens is 9. The summed E-state index contributed by atoms with van der Waals surface area (Å²) >= 11 is 0. The highest BCUT2D eigenvalue weighted by Crippen LogP contribution is 2.53. The van der Waals surface area contributed by atoms with Gasteiger partial charge in [-0.3, -0.25) is 19.4 Å². The number of aryl methyl sites for hydroxylation is 1. The summed E-state index contributed by atoms with van der Waals surface area (Å²) in [7, 11) is 1.63. The van der Waals surface area contributed by atoms with E-state index in [1.165, 1.54) is 15.6 Å². The Hall–Kier alpha value is -7.89. The number of likely N-dealkylation sites (tertiary alicyclic amines) is 1. The third-order valence-electron chi connectivity index (χ3n) is 16.7. The number of amides is 2. The second-order valence-corrected chi connectivity index (χ2v) is 22.7. The first-order valence-electron chi connectivity index (χ1n) is 28.7. The van der Waals surface area contributed by atoms with E-state index in [1.807, 2.05) is 87.0 Å². The molecule has 4 fully saturated rings. The predicted molar refractivity (Wildman–Crippen MR) is 308 cm³/mol. The number of halogens is 1. The summed E-state index contributed by atoms with van der Waals surface area (Å²) in [4.78, 5) is 42.8. The van der Waals surface area contributed by atoms with E-state index >= 15 is 4.39 Å². The number of hydrogen-bond donors (Lipinski definition) is 5. The number of carbonyl (C=O) groups excluding carboxylic acids is 2. The van der Waals surface area contributed by atoms with Crippen LogP contribution in [0.5, 0.6) is 11.8 Å². The smallest absolute Gasteiger partial charge is 0.319 e. The summed E-state index contributed by atoms with van der Waals surface area (Å²) in [6, 6.07) is 18.4. The first-order chi connectivity index (χ1) is 40.3. The Morgan fingerprint density at radius 1 is 0.952 bits per heavy atom. The van der Waals surface area contributed by atoms with Gasteiger partial charge in [-0.15, -0.1) is 5.10 Å². The molecule has 7 atom stereocenters. The lowest BCUT2D eigenvalue weighted by Crippen LogP contribution is -2.64. The Morgan fingerprint density at radius 2 is 1.71 bits per heavy atom. The number of rotatable bonds is 20. The number of anilines is 1. The third kappa shape index (κ3) is 10.9. The van der Waals surface area contributed by atoms with Gasteiger partial charge in [0.1, 0.15) is 48.1 Å². The van der Waals surface area contributed by atoms with Crippen molar-refractivity contribution in [1.29, 1.82) is 0 Å². The second-order valence-electron chi connectivity index (χ2n) is 22.7. The Bertz CT molecular complexity index is 3640. The van der Waals surface area contributed by atoms with Gasteiger partial charge in [0, 0.05) is 73.4 Å². The van der Waals surface area contributed by atoms with Gasteiger partial charge < -0.3 is 49.6 Å². The number of aromatic amines is 1. The molecule has 4 aromatic heterocycles. The molecule has 83 heavy (non-hydrogen) atoms. The highest BCUT2D eigenvalue weighted by atomic mass is 19.1. The van der Waals surface area contributed by atoms with Crippen LogP contribution in [0.25, 0.3) is 55.4 Å². The van der Waals surface area contributed by atoms with Crippen LogP contribution in [0.3, 0.4) is 0 Å². The summed E-state index contributed by atoms with van der Waals surface area (Å²) in [5, 5.41) is 50.2. The SMILES string of the molecule is CCn1nccc1-c1ccc([C@H](CO)NC(=O)[C@@H]2C[C@@H](O)CN2C(=O)[C@H](C(C)C)n2cc(-c3ccc(COc4c(-c5c(C)c(F)cc6[nH]ncc56)c(C5CC5)cc5c(N6C7CNCC6COC7)nc(OC[C@H](C)OC)nc45)cc3)nn2)cc1. The molecular formula is C61H70FN13O8. The third-order valence-corrected chi connectivity index (χ3v) is 16.7. The van der Waals surface area contributed by atoms with Crippen LogP contribution in [-0.4, -0.2) is 155 Å². The lowest BCUT2D eigenvalue weighted by Gasteiger charge is -2.47. The maximum absolute atomic E-state index is 16.2.